The van der Waals surface area contributed by atoms with E-state index in [2.05, 4.69) is 4.99 Å². The van der Waals surface area contributed by atoms with Crippen LogP contribution in [-0.2, 0) is 19.1 Å². The Morgan fingerprint density at radius 2 is 1.68 bits per heavy atom. The molecule has 2 amide bonds. The van der Waals surface area contributed by atoms with Crippen LogP contribution in [0.1, 0.15) is 46.0 Å². The van der Waals surface area contributed by atoms with E-state index in [1.165, 1.54) is 0 Å². The summed E-state index contributed by atoms with van der Waals surface area (Å²) < 4.78 is 10.9. The number of hydrogen-bond donors (Lipinski definition) is 1. The molecule has 192 valence electrons. The lowest BCUT2D eigenvalue weighted by molar-refractivity contribution is -0.146. The average molecular weight is 525 g/mol. The highest BCUT2D eigenvalue weighted by Crippen LogP contribution is 2.42. The molecular formula is C27H25ClN2O7. The van der Waals surface area contributed by atoms with Gasteiger partial charge in [-0.1, -0.05) is 41.9 Å². The molecule has 0 saturated carbocycles. The van der Waals surface area contributed by atoms with Crippen LogP contribution in [0.25, 0.3) is 0 Å². The SMILES string of the molecule is CCOC(=O)C1C(C)=NC(COCCN2C(=O)c3ccccc3C2=O)=C(C(=O)O)C1c1ccccc1Cl. The molecule has 9 nitrogen and oxygen atoms in total. The van der Waals surface area contributed by atoms with E-state index in [-0.39, 0.29) is 37.6 Å². The lowest BCUT2D eigenvalue weighted by atomic mass is 9.75. The van der Waals surface area contributed by atoms with Crippen molar-refractivity contribution >= 4 is 41.1 Å². The van der Waals surface area contributed by atoms with Crippen LogP contribution >= 0.6 is 11.6 Å². The average Bonchev–Trinajstić information content (AvgIpc) is 3.11. The van der Waals surface area contributed by atoms with Gasteiger partial charge < -0.3 is 14.6 Å². The third-order valence-corrected chi connectivity index (χ3v) is 6.65. The molecule has 0 aromatic heterocycles. The van der Waals surface area contributed by atoms with E-state index >= 15 is 0 Å². The van der Waals surface area contributed by atoms with Gasteiger partial charge in [-0.25, -0.2) is 4.79 Å². The Morgan fingerprint density at radius 1 is 1.05 bits per heavy atom. The van der Waals surface area contributed by atoms with Gasteiger partial charge in [0.05, 0.1) is 48.8 Å². The minimum absolute atomic E-state index is 0.00980. The summed E-state index contributed by atoms with van der Waals surface area (Å²) in [6.07, 6.45) is 0. The quantitative estimate of drug-likeness (QED) is 0.301. The Morgan fingerprint density at radius 3 is 2.27 bits per heavy atom. The van der Waals surface area contributed by atoms with Gasteiger partial charge in [0.2, 0.25) is 0 Å². The zero-order valence-corrected chi connectivity index (χ0v) is 21.0. The van der Waals surface area contributed by atoms with E-state index in [9.17, 15) is 24.3 Å². The minimum atomic E-state index is -1.27. The molecule has 2 aromatic rings. The van der Waals surface area contributed by atoms with Crippen LogP contribution in [-0.4, -0.2) is 65.8 Å². The van der Waals surface area contributed by atoms with Crippen molar-refractivity contribution in [3.05, 3.63) is 81.5 Å². The van der Waals surface area contributed by atoms with Gasteiger partial charge in [-0.05, 0) is 37.6 Å². The summed E-state index contributed by atoms with van der Waals surface area (Å²) in [7, 11) is 0. The zero-order valence-electron chi connectivity index (χ0n) is 20.3. The Hall–Kier alpha value is -3.82. The number of carbonyl (C=O) groups is 4. The highest BCUT2D eigenvalue weighted by Gasteiger charge is 2.43. The smallest absolute Gasteiger partial charge is 0.334 e. The number of aliphatic carboxylic acids is 1. The fourth-order valence-corrected chi connectivity index (χ4v) is 4.92. The monoisotopic (exact) mass is 524 g/mol. The standard InChI is InChI=1S/C27H25ClN2O7/c1-3-37-27(35)21-15(2)29-20(23(26(33)34)22(21)18-10-6-7-11-19(18)28)14-36-13-12-30-24(31)16-8-4-5-9-17(16)25(30)32/h4-11,21-22H,3,12-14H2,1-2H3,(H,33,34). The molecule has 2 unspecified atom stereocenters. The Bertz CT molecular complexity index is 1300. The Balaban J connectivity index is 1.57. The number of esters is 1. The van der Waals surface area contributed by atoms with Crippen LogP contribution in [0.2, 0.25) is 5.02 Å². The third kappa shape index (κ3) is 5.05. The second-order valence-corrected chi connectivity index (χ2v) is 8.91. The predicted molar refractivity (Wildman–Crippen MR) is 135 cm³/mol. The van der Waals surface area contributed by atoms with E-state index in [4.69, 9.17) is 21.1 Å². The fraction of sp³-hybridized carbons (Fsp3) is 0.296. The molecule has 10 heteroatoms. The van der Waals surface area contributed by atoms with E-state index in [1.807, 2.05) is 0 Å². The summed E-state index contributed by atoms with van der Waals surface area (Å²) in [6.45, 7) is 3.16. The summed E-state index contributed by atoms with van der Waals surface area (Å²) in [5, 5.41) is 10.5. The summed E-state index contributed by atoms with van der Waals surface area (Å²) in [5.74, 6) is -4.60. The van der Waals surface area contributed by atoms with Crippen LogP contribution in [0, 0.1) is 5.92 Å². The molecule has 0 saturated heterocycles. The number of amides is 2. The molecular weight excluding hydrogens is 500 g/mol. The van der Waals surface area contributed by atoms with Gasteiger partial charge in [0.25, 0.3) is 11.8 Å². The van der Waals surface area contributed by atoms with Crippen molar-refractivity contribution in [2.24, 2.45) is 10.9 Å². The third-order valence-electron chi connectivity index (χ3n) is 6.30. The molecule has 2 aliphatic rings. The molecule has 37 heavy (non-hydrogen) atoms. The van der Waals surface area contributed by atoms with Crippen LogP contribution < -0.4 is 0 Å². The first-order valence-electron chi connectivity index (χ1n) is 11.7. The molecule has 4 rings (SSSR count). The summed E-state index contributed by atoms with van der Waals surface area (Å²) >= 11 is 6.43. The number of nitrogens with zero attached hydrogens (tertiary/aromatic N) is 2. The van der Waals surface area contributed by atoms with Crippen LogP contribution in [0.3, 0.4) is 0 Å². The van der Waals surface area contributed by atoms with Gasteiger partial charge in [0, 0.05) is 16.7 Å². The van der Waals surface area contributed by atoms with Gasteiger partial charge in [0.1, 0.15) is 5.92 Å². The number of carboxylic acid groups (broad SMARTS) is 1. The number of carbonyl (C=O) groups excluding carboxylic acids is 3. The van der Waals surface area contributed by atoms with E-state index < -0.39 is 35.6 Å². The van der Waals surface area contributed by atoms with E-state index in [1.54, 1.807) is 62.4 Å². The second-order valence-electron chi connectivity index (χ2n) is 8.51. The number of ether oxygens (including phenoxy) is 2. The maximum absolute atomic E-state index is 12.9. The Kier molecular flexibility index (Phi) is 7.85. The van der Waals surface area contributed by atoms with Gasteiger partial charge in [-0.2, -0.15) is 0 Å². The van der Waals surface area contributed by atoms with Crippen molar-refractivity contribution in [3.63, 3.8) is 0 Å². The maximum atomic E-state index is 12.9. The van der Waals surface area contributed by atoms with Gasteiger partial charge >= 0.3 is 11.9 Å². The van der Waals surface area contributed by atoms with Crippen LogP contribution in [0.4, 0.5) is 0 Å². The van der Waals surface area contributed by atoms with Crippen molar-refractivity contribution in [3.8, 4) is 0 Å². The number of rotatable bonds is 9. The molecule has 2 heterocycles. The number of fused-ring (bicyclic) bond motifs is 1. The van der Waals surface area contributed by atoms with Crippen LogP contribution in [0.15, 0.2) is 64.8 Å². The summed E-state index contributed by atoms with van der Waals surface area (Å²) in [6, 6.07) is 13.3. The van der Waals surface area contributed by atoms with Crippen molar-refractivity contribution < 1.29 is 33.8 Å². The van der Waals surface area contributed by atoms with Gasteiger partial charge in [0.15, 0.2) is 0 Å². The zero-order chi connectivity index (χ0) is 26.7. The van der Waals surface area contributed by atoms with Crippen molar-refractivity contribution in [2.45, 2.75) is 19.8 Å². The minimum Gasteiger partial charge on any atom is -0.478 e. The fourth-order valence-electron chi connectivity index (χ4n) is 4.66. The number of hydrogen-bond acceptors (Lipinski definition) is 7. The lowest BCUT2D eigenvalue weighted by Crippen LogP contribution is -2.37. The van der Waals surface area contributed by atoms with Gasteiger partial charge in [-0.15, -0.1) is 0 Å². The first-order chi connectivity index (χ1) is 17.8. The van der Waals surface area contributed by atoms with Crippen LogP contribution in [0.5, 0.6) is 0 Å². The predicted octanol–water partition coefficient (Wildman–Crippen LogP) is 3.73. The first-order valence-corrected chi connectivity index (χ1v) is 12.1. The molecule has 2 aromatic carbocycles. The van der Waals surface area contributed by atoms with E-state index in [0.717, 1.165) is 4.90 Å². The maximum Gasteiger partial charge on any atom is 0.334 e. The van der Waals surface area contributed by atoms with Crippen molar-refractivity contribution in [1.29, 1.82) is 0 Å². The lowest BCUT2D eigenvalue weighted by Gasteiger charge is -2.32. The number of carboxylic acids is 1. The molecule has 0 spiro atoms. The normalized spacial score (nSPS) is 19.1. The largest absolute Gasteiger partial charge is 0.478 e. The molecule has 2 atom stereocenters. The molecule has 0 fully saturated rings. The highest BCUT2D eigenvalue weighted by molar-refractivity contribution is 6.31. The van der Waals surface area contributed by atoms with Crippen molar-refractivity contribution in [2.75, 3.05) is 26.4 Å². The molecule has 0 radical (unpaired) electrons. The summed E-state index contributed by atoms with van der Waals surface area (Å²) in [5.41, 5.74) is 1.49. The Labute approximate surface area is 218 Å². The topological polar surface area (TPSA) is 123 Å². The molecule has 0 aliphatic carbocycles. The first kappa shape index (κ1) is 26.2. The molecule has 2 aliphatic heterocycles. The van der Waals surface area contributed by atoms with E-state index in [0.29, 0.717) is 27.4 Å². The molecule has 1 N–H and O–H groups in total. The summed E-state index contributed by atoms with van der Waals surface area (Å²) in [4.78, 5) is 56.0. The number of aliphatic imine (C=N–C) groups is 1. The second kappa shape index (κ2) is 11.1. The highest BCUT2D eigenvalue weighted by atomic mass is 35.5. The van der Waals surface area contributed by atoms with Crippen molar-refractivity contribution in [1.82, 2.24) is 4.90 Å². The van der Waals surface area contributed by atoms with Gasteiger partial charge in [-0.3, -0.25) is 24.3 Å². The number of imide groups is 1. The molecule has 0 bridgehead atoms. The number of benzene rings is 2. The number of halogens is 1.